The van der Waals surface area contributed by atoms with Crippen LogP contribution in [0.1, 0.15) is 11.1 Å². The predicted molar refractivity (Wildman–Crippen MR) is 208 cm³/mol. The monoisotopic (exact) mass is 904 g/mol. The van der Waals surface area contributed by atoms with Crippen molar-refractivity contribution < 1.29 is 70.6 Å². The molecular weight excluding hydrogens is 883 g/mol. The highest BCUT2D eigenvalue weighted by atomic mass is 31.2. The molecule has 0 N–H and O–H groups in total. The van der Waals surface area contributed by atoms with E-state index in [1.807, 2.05) is 0 Å². The first-order valence-corrected chi connectivity index (χ1v) is 20.0. The van der Waals surface area contributed by atoms with Crippen LogP contribution in [0.15, 0.2) is 109 Å². The highest BCUT2D eigenvalue weighted by Gasteiger charge is 2.61. The minimum Gasteiger partial charge on any atom is -0.497 e. The Morgan fingerprint density at radius 3 is 1.03 bits per heavy atom. The topological polar surface area (TPSA) is 9.23 Å². The first kappa shape index (κ1) is 43.2. The van der Waals surface area contributed by atoms with Crippen LogP contribution < -0.4 is 37.0 Å². The first-order valence-electron chi connectivity index (χ1n) is 18.2. The van der Waals surface area contributed by atoms with E-state index in [0.29, 0.717) is 0 Å². The van der Waals surface area contributed by atoms with Crippen LogP contribution in [-0.2, 0) is 0 Å². The van der Waals surface area contributed by atoms with Gasteiger partial charge in [0.05, 0.1) is 12.4 Å². The molecule has 0 unspecified atom stereocenters. The average Bonchev–Trinajstić information content (AvgIpc) is 3.62. The largest absolute Gasteiger partial charge is 0.497 e. The Labute approximate surface area is 347 Å². The molecule has 0 saturated carbocycles. The van der Waals surface area contributed by atoms with Crippen molar-refractivity contribution in [3.8, 4) is 5.75 Å². The molecule has 7 aromatic carbocycles. The number of hydrogen-bond donors (Lipinski definition) is 0. The number of halogens is 15. The maximum absolute atomic E-state index is 17.1. The van der Waals surface area contributed by atoms with Gasteiger partial charge in [0.25, 0.3) is 0 Å². The lowest BCUT2D eigenvalue weighted by molar-refractivity contribution is 0.380. The Balaban J connectivity index is 1.87. The fourth-order valence-corrected chi connectivity index (χ4v) is 13.7. The third kappa shape index (κ3) is 5.88. The summed E-state index contributed by atoms with van der Waals surface area (Å²) in [5.74, 6) is -46.0. The molecule has 8 rings (SSSR count). The molecule has 1 nitrogen and oxygen atoms in total. The van der Waals surface area contributed by atoms with Crippen molar-refractivity contribution in [3.63, 3.8) is 0 Å². The van der Waals surface area contributed by atoms with Gasteiger partial charge in [0.1, 0.15) is 70.0 Å². The second kappa shape index (κ2) is 15.7. The third-order valence-electron chi connectivity index (χ3n) is 11.3. The van der Waals surface area contributed by atoms with E-state index < -0.39 is 133 Å². The lowest BCUT2D eigenvalue weighted by atomic mass is 9.11. The summed E-state index contributed by atoms with van der Waals surface area (Å²) in [5, 5.41) is -0.297. The summed E-state index contributed by atoms with van der Waals surface area (Å²) in [5.41, 5.74) is -10.4. The number of methoxy groups -OCH3 is 1. The van der Waals surface area contributed by atoms with Gasteiger partial charge in [0, 0.05) is 5.56 Å². The van der Waals surface area contributed by atoms with Gasteiger partial charge in [-0.05, 0) is 60.2 Å². The molecular formula is C45H21BF15OP. The standard InChI is InChI=1S/C45H21BF15OP/c1-62-21-18-16-20(17-19-21)45-26(24-14-8-9-15-25(24)63(45,22-10-4-2-5-11-22)23-12-6-3-7-13-23)46(27-30(47)36(53)42(59)37(54)31(27)48,28-32(49)38(55)43(60)39(56)33(28)50)29-34(51)40(57)44(61)41(58)35(29)52/h2-19H,1H3. The van der Waals surface area contributed by atoms with Gasteiger partial charge in [-0.15, -0.1) is 21.9 Å². The van der Waals surface area contributed by atoms with Crippen molar-refractivity contribution in [2.45, 2.75) is 0 Å². The predicted octanol–water partition coefficient (Wildman–Crippen LogP) is 9.67. The van der Waals surface area contributed by atoms with Crippen molar-refractivity contribution in [2.75, 3.05) is 7.11 Å². The molecule has 1 heterocycles. The van der Waals surface area contributed by atoms with E-state index in [0.717, 1.165) is 12.1 Å². The SMILES string of the molecule is COc1ccc(C2=C([B-](c3c(F)c(F)c(F)c(F)c3F)(c3c(F)c(F)c(F)c(F)c3F)c3c(F)c(F)c(F)c(F)c3F)c3ccccc3[P+]2(c2ccccc2)c2ccccc2)cc1. The van der Waals surface area contributed by atoms with Gasteiger partial charge in [-0.3, -0.25) is 0 Å². The van der Waals surface area contributed by atoms with E-state index in [1.54, 1.807) is 0 Å². The zero-order valence-electron chi connectivity index (χ0n) is 31.5. The molecule has 0 saturated heterocycles. The molecule has 0 aliphatic carbocycles. The summed E-state index contributed by atoms with van der Waals surface area (Å²) in [7, 11) is -2.94. The van der Waals surface area contributed by atoms with Crippen LogP contribution in [0.25, 0.3) is 10.8 Å². The van der Waals surface area contributed by atoms with E-state index in [9.17, 15) is 0 Å². The summed E-state index contributed by atoms with van der Waals surface area (Å²) < 4.78 is 248. The van der Waals surface area contributed by atoms with Crippen LogP contribution in [0.4, 0.5) is 65.9 Å². The molecule has 320 valence electrons. The number of hydrogen-bond acceptors (Lipinski definition) is 1. The highest BCUT2D eigenvalue weighted by Crippen LogP contribution is 2.73. The van der Waals surface area contributed by atoms with Gasteiger partial charge in [0.2, 0.25) is 0 Å². The Hall–Kier alpha value is -6.48. The van der Waals surface area contributed by atoms with Gasteiger partial charge in [-0.2, -0.15) is 0 Å². The normalized spacial score (nSPS) is 13.5. The molecule has 0 radical (unpaired) electrons. The number of fused-ring (bicyclic) bond motifs is 1. The lowest BCUT2D eigenvalue weighted by Gasteiger charge is -2.46. The van der Waals surface area contributed by atoms with Crippen LogP contribution in [0.3, 0.4) is 0 Å². The van der Waals surface area contributed by atoms with Crippen LogP contribution in [-0.4, -0.2) is 13.3 Å². The van der Waals surface area contributed by atoms with Crippen LogP contribution in [0.5, 0.6) is 5.75 Å². The van der Waals surface area contributed by atoms with Crippen molar-refractivity contribution in [1.29, 1.82) is 0 Å². The Kier molecular flexibility index (Phi) is 10.8. The van der Waals surface area contributed by atoms with E-state index in [-0.39, 0.29) is 27.2 Å². The number of benzene rings is 7. The van der Waals surface area contributed by atoms with Gasteiger partial charge in [-0.25, -0.2) is 65.9 Å². The summed E-state index contributed by atoms with van der Waals surface area (Å²) in [4.78, 5) is 0. The second-order valence-electron chi connectivity index (χ2n) is 14.2. The van der Waals surface area contributed by atoms with Crippen molar-refractivity contribution in [3.05, 3.63) is 208 Å². The second-order valence-corrected chi connectivity index (χ2v) is 17.5. The van der Waals surface area contributed by atoms with Gasteiger partial charge >= 0.3 is 0 Å². The van der Waals surface area contributed by atoms with Crippen LogP contribution in [0, 0.1) is 87.3 Å². The highest BCUT2D eigenvalue weighted by molar-refractivity contribution is 8.04. The molecule has 7 aromatic rings. The first-order chi connectivity index (χ1) is 30.0. The number of ether oxygens (including phenoxy) is 1. The summed E-state index contributed by atoms with van der Waals surface area (Å²) in [6.07, 6.45) is -6.20. The summed E-state index contributed by atoms with van der Waals surface area (Å²) >= 11 is 0. The van der Waals surface area contributed by atoms with Gasteiger partial charge in [0.15, 0.2) is 52.4 Å². The quantitative estimate of drug-likeness (QED) is 0.0486. The minimum atomic E-state index is -6.20. The molecule has 0 aromatic heterocycles. The average molecular weight is 904 g/mol. The fraction of sp³-hybridized carbons (Fsp3) is 0.0222. The maximum Gasteiger partial charge on any atom is 0.200 e. The molecule has 0 fully saturated rings. The summed E-state index contributed by atoms with van der Waals surface area (Å²) in [6.45, 7) is 0. The van der Waals surface area contributed by atoms with Gasteiger partial charge < -0.3 is 4.74 Å². The van der Waals surface area contributed by atoms with E-state index in [1.165, 1.54) is 104 Å². The molecule has 1 aliphatic heterocycles. The van der Waals surface area contributed by atoms with Crippen LogP contribution >= 0.6 is 7.26 Å². The Morgan fingerprint density at radius 1 is 0.365 bits per heavy atom. The smallest absolute Gasteiger partial charge is 0.200 e. The Bertz CT molecular complexity index is 2760. The zero-order valence-corrected chi connectivity index (χ0v) is 32.4. The van der Waals surface area contributed by atoms with Crippen molar-refractivity contribution in [1.82, 2.24) is 0 Å². The fourth-order valence-electron chi connectivity index (χ4n) is 8.82. The zero-order chi connectivity index (χ0) is 45.4. The summed E-state index contributed by atoms with van der Waals surface area (Å²) in [6, 6.07) is 24.4. The minimum absolute atomic E-state index is 0.0795. The third-order valence-corrected chi connectivity index (χ3v) is 15.7. The molecule has 1 aliphatic rings. The molecule has 0 spiro atoms. The number of rotatable bonds is 8. The molecule has 63 heavy (non-hydrogen) atoms. The Morgan fingerprint density at radius 2 is 0.683 bits per heavy atom. The van der Waals surface area contributed by atoms with Crippen LogP contribution in [0.2, 0.25) is 0 Å². The van der Waals surface area contributed by atoms with Crippen molar-refractivity contribution in [2.24, 2.45) is 0 Å². The molecule has 18 heteroatoms. The lowest BCUT2D eigenvalue weighted by Crippen LogP contribution is -2.74. The molecule has 0 amide bonds. The maximum atomic E-state index is 17.1. The van der Waals surface area contributed by atoms with E-state index in [4.69, 9.17) is 4.74 Å². The van der Waals surface area contributed by atoms with Crippen molar-refractivity contribution >= 4 is 56.5 Å². The van der Waals surface area contributed by atoms with Gasteiger partial charge in [-0.1, -0.05) is 54.6 Å². The van der Waals surface area contributed by atoms with E-state index >= 15 is 65.9 Å². The molecule has 0 atom stereocenters. The van der Waals surface area contributed by atoms with E-state index in [2.05, 4.69) is 0 Å². The molecule has 0 bridgehead atoms.